The van der Waals surface area contributed by atoms with Gasteiger partial charge in [-0.1, -0.05) is 60.2 Å². The van der Waals surface area contributed by atoms with Crippen molar-refractivity contribution < 1.29 is 4.79 Å². The molecule has 1 amide bonds. The Hall–Kier alpha value is -3.06. The number of nitriles is 1. The van der Waals surface area contributed by atoms with Crippen LogP contribution >= 0.6 is 0 Å². The molecule has 27 heavy (non-hydrogen) atoms. The first-order chi connectivity index (χ1) is 13.0. The van der Waals surface area contributed by atoms with Crippen LogP contribution in [0, 0.1) is 18.3 Å². The van der Waals surface area contributed by atoms with Gasteiger partial charge in [-0.15, -0.1) is 0 Å². The van der Waals surface area contributed by atoms with Crippen LogP contribution < -0.4 is 5.32 Å². The summed E-state index contributed by atoms with van der Waals surface area (Å²) in [5.74, 6) is -0.251. The molecule has 0 aromatic heterocycles. The van der Waals surface area contributed by atoms with E-state index in [0.717, 1.165) is 12.0 Å². The van der Waals surface area contributed by atoms with Crippen LogP contribution in [0.5, 0.6) is 0 Å². The summed E-state index contributed by atoms with van der Waals surface area (Å²) in [6.45, 7) is 7.14. The predicted octanol–water partition coefficient (Wildman–Crippen LogP) is 3.97. The van der Waals surface area contributed by atoms with Gasteiger partial charge in [0.05, 0.1) is 0 Å². The van der Waals surface area contributed by atoms with Crippen molar-refractivity contribution >= 4 is 5.91 Å². The highest BCUT2D eigenvalue weighted by atomic mass is 16.2. The molecule has 1 N–H and O–H groups in total. The standard InChI is InChI=1S/C23H27N3O/c1-18(2)26(17-21-9-5-4-6-10-21)23(27)22(15-24)16-25-13-12-20-11-7-8-19(3)14-20/h4-11,14,16,18,25H,12-13,17H2,1-3H3/b22-16-. The molecule has 2 aromatic rings. The lowest BCUT2D eigenvalue weighted by atomic mass is 10.1. The quantitative estimate of drug-likeness (QED) is 0.440. The Bertz CT molecular complexity index is 819. The van der Waals surface area contributed by atoms with Gasteiger partial charge < -0.3 is 10.2 Å². The molecule has 0 spiro atoms. The molecule has 4 heteroatoms. The van der Waals surface area contributed by atoms with E-state index in [2.05, 4.69) is 30.4 Å². The van der Waals surface area contributed by atoms with Crippen molar-refractivity contribution in [2.45, 2.75) is 39.8 Å². The predicted molar refractivity (Wildman–Crippen MR) is 109 cm³/mol. The highest BCUT2D eigenvalue weighted by Crippen LogP contribution is 2.12. The molecule has 4 nitrogen and oxygen atoms in total. The van der Waals surface area contributed by atoms with Gasteiger partial charge in [0.2, 0.25) is 0 Å². The normalized spacial score (nSPS) is 11.1. The van der Waals surface area contributed by atoms with E-state index >= 15 is 0 Å². The lowest BCUT2D eigenvalue weighted by Gasteiger charge is -2.26. The van der Waals surface area contributed by atoms with Gasteiger partial charge in [0.15, 0.2) is 0 Å². The first kappa shape index (κ1) is 20.3. The fourth-order valence-electron chi connectivity index (χ4n) is 2.82. The van der Waals surface area contributed by atoms with Crippen LogP contribution in [0.2, 0.25) is 0 Å². The number of rotatable bonds is 8. The van der Waals surface area contributed by atoms with E-state index in [1.165, 1.54) is 11.1 Å². The number of hydrogen-bond acceptors (Lipinski definition) is 3. The minimum Gasteiger partial charge on any atom is -0.389 e. The number of benzene rings is 2. The number of aryl methyl sites for hydroxylation is 1. The van der Waals surface area contributed by atoms with Crippen LogP contribution in [0.25, 0.3) is 0 Å². The Balaban J connectivity index is 1.99. The van der Waals surface area contributed by atoms with E-state index in [1.54, 1.807) is 11.1 Å². The van der Waals surface area contributed by atoms with E-state index in [0.29, 0.717) is 13.1 Å². The van der Waals surface area contributed by atoms with Crippen LogP contribution in [-0.2, 0) is 17.8 Å². The summed E-state index contributed by atoms with van der Waals surface area (Å²) < 4.78 is 0. The van der Waals surface area contributed by atoms with Gasteiger partial charge >= 0.3 is 0 Å². The van der Waals surface area contributed by atoms with Gasteiger partial charge in [-0.25, -0.2) is 0 Å². The molecule has 2 aromatic carbocycles. The maximum absolute atomic E-state index is 12.8. The van der Waals surface area contributed by atoms with Gasteiger partial charge in [0.1, 0.15) is 11.6 Å². The topological polar surface area (TPSA) is 56.1 Å². The molecule has 140 valence electrons. The summed E-state index contributed by atoms with van der Waals surface area (Å²) in [4.78, 5) is 14.5. The number of amides is 1. The molecule has 0 bridgehead atoms. The lowest BCUT2D eigenvalue weighted by Crippen LogP contribution is -2.37. The number of hydrogen-bond donors (Lipinski definition) is 1. The zero-order valence-electron chi connectivity index (χ0n) is 16.3. The second-order valence-electron chi connectivity index (χ2n) is 6.88. The molecule has 0 aliphatic rings. The third-order valence-corrected chi connectivity index (χ3v) is 4.32. The molecule has 0 unspecified atom stereocenters. The van der Waals surface area contributed by atoms with Crippen molar-refractivity contribution in [3.05, 3.63) is 83.1 Å². The zero-order valence-corrected chi connectivity index (χ0v) is 16.3. The van der Waals surface area contributed by atoms with E-state index in [1.807, 2.05) is 56.3 Å². The van der Waals surface area contributed by atoms with Crippen molar-refractivity contribution in [2.24, 2.45) is 0 Å². The Morgan fingerprint density at radius 2 is 1.85 bits per heavy atom. The molecule has 0 saturated heterocycles. The monoisotopic (exact) mass is 361 g/mol. The molecule has 0 radical (unpaired) electrons. The van der Waals surface area contributed by atoms with E-state index in [4.69, 9.17) is 0 Å². The van der Waals surface area contributed by atoms with Gasteiger partial charge in [-0.3, -0.25) is 4.79 Å². The van der Waals surface area contributed by atoms with Crippen molar-refractivity contribution in [1.82, 2.24) is 10.2 Å². The first-order valence-electron chi connectivity index (χ1n) is 9.25. The van der Waals surface area contributed by atoms with Crippen LogP contribution in [0.4, 0.5) is 0 Å². The highest BCUT2D eigenvalue weighted by Gasteiger charge is 2.21. The van der Waals surface area contributed by atoms with E-state index in [9.17, 15) is 10.1 Å². The average molecular weight is 361 g/mol. The molecule has 0 atom stereocenters. The van der Waals surface area contributed by atoms with Crippen molar-refractivity contribution in [3.63, 3.8) is 0 Å². The first-order valence-corrected chi connectivity index (χ1v) is 9.25. The summed E-state index contributed by atoms with van der Waals surface area (Å²) in [5, 5.41) is 12.6. The molecular weight excluding hydrogens is 334 g/mol. The van der Waals surface area contributed by atoms with Gasteiger partial charge in [-0.2, -0.15) is 5.26 Å². The fraction of sp³-hybridized carbons (Fsp3) is 0.304. The van der Waals surface area contributed by atoms with Crippen LogP contribution in [0.1, 0.15) is 30.5 Å². The molecule has 0 heterocycles. The van der Waals surface area contributed by atoms with E-state index in [-0.39, 0.29) is 17.5 Å². The minimum absolute atomic E-state index is 0.00162. The number of nitrogens with one attached hydrogen (secondary N) is 1. The second-order valence-corrected chi connectivity index (χ2v) is 6.88. The molecule has 0 saturated carbocycles. The Morgan fingerprint density at radius 3 is 2.48 bits per heavy atom. The Kier molecular flexibility index (Phi) is 7.63. The molecule has 0 aliphatic carbocycles. The third-order valence-electron chi connectivity index (χ3n) is 4.32. The molecule has 2 rings (SSSR count). The lowest BCUT2D eigenvalue weighted by molar-refractivity contribution is -0.129. The summed E-state index contributed by atoms with van der Waals surface area (Å²) in [6, 6.07) is 20.2. The Labute approximate surface area is 162 Å². The smallest absolute Gasteiger partial charge is 0.266 e. The molecule has 0 aliphatic heterocycles. The maximum Gasteiger partial charge on any atom is 0.266 e. The molecule has 0 fully saturated rings. The summed E-state index contributed by atoms with van der Waals surface area (Å²) in [7, 11) is 0. The van der Waals surface area contributed by atoms with Crippen molar-refractivity contribution in [2.75, 3.05) is 6.54 Å². The Morgan fingerprint density at radius 1 is 1.15 bits per heavy atom. The van der Waals surface area contributed by atoms with Crippen LogP contribution in [0.15, 0.2) is 66.4 Å². The van der Waals surface area contributed by atoms with Crippen LogP contribution in [0.3, 0.4) is 0 Å². The molecular formula is C23H27N3O. The SMILES string of the molecule is Cc1cccc(CCN/C=C(/C#N)C(=O)N(Cc2ccccc2)C(C)C)c1. The van der Waals surface area contributed by atoms with Crippen molar-refractivity contribution in [1.29, 1.82) is 5.26 Å². The minimum atomic E-state index is -0.251. The maximum atomic E-state index is 12.8. The van der Waals surface area contributed by atoms with E-state index < -0.39 is 0 Å². The summed E-state index contributed by atoms with van der Waals surface area (Å²) in [5.41, 5.74) is 3.63. The number of nitrogens with zero attached hydrogens (tertiary/aromatic N) is 2. The third kappa shape index (κ3) is 6.31. The highest BCUT2D eigenvalue weighted by molar-refractivity contribution is 5.97. The summed E-state index contributed by atoms with van der Waals surface area (Å²) in [6.07, 6.45) is 2.38. The van der Waals surface area contributed by atoms with Gasteiger partial charge in [-0.05, 0) is 38.3 Å². The zero-order chi connectivity index (χ0) is 19.6. The second kappa shape index (κ2) is 10.2. The number of carbonyl (C=O) groups excluding carboxylic acids is 1. The fourth-order valence-corrected chi connectivity index (χ4v) is 2.82. The largest absolute Gasteiger partial charge is 0.389 e. The van der Waals surface area contributed by atoms with Gasteiger partial charge in [0, 0.05) is 25.3 Å². The van der Waals surface area contributed by atoms with Gasteiger partial charge in [0.25, 0.3) is 5.91 Å². The summed E-state index contributed by atoms with van der Waals surface area (Å²) >= 11 is 0. The number of carbonyl (C=O) groups is 1. The average Bonchev–Trinajstić information content (AvgIpc) is 2.66. The van der Waals surface area contributed by atoms with Crippen molar-refractivity contribution in [3.8, 4) is 6.07 Å². The van der Waals surface area contributed by atoms with Crippen LogP contribution in [-0.4, -0.2) is 23.4 Å².